The number of aromatic nitrogens is 1. The maximum Gasteiger partial charge on any atom is 0.238 e. The summed E-state index contributed by atoms with van der Waals surface area (Å²) in [6.45, 7) is 2.84. The van der Waals surface area contributed by atoms with E-state index in [0.29, 0.717) is 6.54 Å². The number of nitrogens with zero attached hydrogens (tertiary/aromatic N) is 1. The van der Waals surface area contributed by atoms with Gasteiger partial charge in [-0.05, 0) is 36.8 Å². The number of anilines is 1. The van der Waals surface area contributed by atoms with Gasteiger partial charge in [-0.3, -0.25) is 9.78 Å². The summed E-state index contributed by atoms with van der Waals surface area (Å²) in [7, 11) is 0. The minimum Gasteiger partial charge on any atom is -0.325 e. The molecular formula is C15H16BrN3O. The lowest BCUT2D eigenvalue weighted by Gasteiger charge is -2.07. The Balaban J connectivity index is 1.76. The number of carbonyl (C=O) groups excluding carboxylic acids is 1. The van der Waals surface area contributed by atoms with Crippen molar-refractivity contribution < 1.29 is 4.79 Å². The third-order valence-corrected chi connectivity index (χ3v) is 3.19. The van der Waals surface area contributed by atoms with Crippen LogP contribution in [0.4, 0.5) is 5.69 Å². The van der Waals surface area contributed by atoms with Gasteiger partial charge >= 0.3 is 0 Å². The molecule has 1 heterocycles. The molecule has 1 amide bonds. The summed E-state index contributed by atoms with van der Waals surface area (Å²) in [5.41, 5.74) is 2.83. The Morgan fingerprint density at radius 3 is 2.85 bits per heavy atom. The maximum absolute atomic E-state index is 11.8. The number of hydrogen-bond acceptors (Lipinski definition) is 3. The predicted molar refractivity (Wildman–Crippen MR) is 83.5 cm³/mol. The van der Waals surface area contributed by atoms with E-state index in [-0.39, 0.29) is 12.5 Å². The highest BCUT2D eigenvalue weighted by atomic mass is 79.9. The van der Waals surface area contributed by atoms with Crippen molar-refractivity contribution in [3.63, 3.8) is 0 Å². The van der Waals surface area contributed by atoms with E-state index >= 15 is 0 Å². The van der Waals surface area contributed by atoms with Crippen molar-refractivity contribution in [2.45, 2.75) is 13.5 Å². The summed E-state index contributed by atoms with van der Waals surface area (Å²) in [4.78, 5) is 16.0. The van der Waals surface area contributed by atoms with Crippen molar-refractivity contribution in [1.82, 2.24) is 10.3 Å². The van der Waals surface area contributed by atoms with Crippen LogP contribution in [-0.4, -0.2) is 17.4 Å². The average molecular weight is 334 g/mol. The molecule has 0 unspecified atom stereocenters. The van der Waals surface area contributed by atoms with Gasteiger partial charge in [-0.15, -0.1) is 0 Å². The zero-order valence-electron chi connectivity index (χ0n) is 11.2. The van der Waals surface area contributed by atoms with Crippen molar-refractivity contribution in [1.29, 1.82) is 0 Å². The van der Waals surface area contributed by atoms with Crippen LogP contribution < -0.4 is 10.6 Å². The first-order valence-electron chi connectivity index (χ1n) is 6.31. The van der Waals surface area contributed by atoms with Crippen LogP contribution in [0, 0.1) is 6.92 Å². The molecule has 2 N–H and O–H groups in total. The topological polar surface area (TPSA) is 54.0 Å². The SMILES string of the molecule is Cc1ccc(CNCC(=O)Nc2cccc(Br)c2)cn1. The molecule has 104 valence electrons. The molecular weight excluding hydrogens is 318 g/mol. The zero-order chi connectivity index (χ0) is 14.4. The second-order valence-electron chi connectivity index (χ2n) is 4.47. The van der Waals surface area contributed by atoms with Crippen molar-refractivity contribution >= 4 is 27.5 Å². The van der Waals surface area contributed by atoms with Gasteiger partial charge in [0.25, 0.3) is 0 Å². The molecule has 1 aromatic carbocycles. The smallest absolute Gasteiger partial charge is 0.238 e. The maximum atomic E-state index is 11.8. The quantitative estimate of drug-likeness (QED) is 0.884. The molecule has 0 saturated carbocycles. The predicted octanol–water partition coefficient (Wildman–Crippen LogP) is 2.88. The first-order chi connectivity index (χ1) is 9.63. The number of amides is 1. The second kappa shape index (κ2) is 7.17. The first-order valence-corrected chi connectivity index (χ1v) is 7.10. The van der Waals surface area contributed by atoms with Crippen LogP contribution in [-0.2, 0) is 11.3 Å². The van der Waals surface area contributed by atoms with Crippen molar-refractivity contribution in [2.24, 2.45) is 0 Å². The number of nitrogens with one attached hydrogen (secondary N) is 2. The number of pyridine rings is 1. The largest absolute Gasteiger partial charge is 0.325 e. The van der Waals surface area contributed by atoms with Crippen LogP contribution in [0.15, 0.2) is 47.1 Å². The summed E-state index contributed by atoms with van der Waals surface area (Å²) >= 11 is 3.37. The monoisotopic (exact) mass is 333 g/mol. The van der Waals surface area contributed by atoms with Gasteiger partial charge in [0.2, 0.25) is 5.91 Å². The van der Waals surface area contributed by atoms with Gasteiger partial charge < -0.3 is 10.6 Å². The second-order valence-corrected chi connectivity index (χ2v) is 5.39. The molecule has 0 atom stereocenters. The van der Waals surface area contributed by atoms with E-state index in [2.05, 4.69) is 31.5 Å². The Labute approximate surface area is 126 Å². The molecule has 1 aromatic heterocycles. The lowest BCUT2D eigenvalue weighted by molar-refractivity contribution is -0.115. The molecule has 0 aliphatic rings. The highest BCUT2D eigenvalue weighted by Crippen LogP contribution is 2.15. The molecule has 20 heavy (non-hydrogen) atoms. The van der Waals surface area contributed by atoms with E-state index in [1.54, 1.807) is 0 Å². The highest BCUT2D eigenvalue weighted by Gasteiger charge is 2.02. The van der Waals surface area contributed by atoms with Gasteiger partial charge in [0.05, 0.1) is 6.54 Å². The summed E-state index contributed by atoms with van der Waals surface area (Å²) in [6, 6.07) is 11.5. The Bertz CT molecular complexity index is 584. The van der Waals surface area contributed by atoms with E-state index in [1.807, 2.05) is 49.5 Å². The molecule has 0 aliphatic heterocycles. The van der Waals surface area contributed by atoms with Crippen LogP contribution in [0.5, 0.6) is 0 Å². The van der Waals surface area contributed by atoms with Gasteiger partial charge in [0.1, 0.15) is 0 Å². The molecule has 2 aromatic rings. The Morgan fingerprint density at radius 1 is 1.30 bits per heavy atom. The summed E-state index contributed by atoms with van der Waals surface area (Å²) in [6.07, 6.45) is 1.81. The fourth-order valence-corrected chi connectivity index (χ4v) is 2.09. The van der Waals surface area contributed by atoms with Crippen molar-refractivity contribution in [2.75, 3.05) is 11.9 Å². The molecule has 0 fully saturated rings. The van der Waals surface area contributed by atoms with E-state index in [1.165, 1.54) is 0 Å². The zero-order valence-corrected chi connectivity index (χ0v) is 12.8. The first kappa shape index (κ1) is 14.7. The number of rotatable bonds is 5. The van der Waals surface area contributed by atoms with Crippen molar-refractivity contribution in [3.05, 3.63) is 58.3 Å². The number of halogens is 1. The lowest BCUT2D eigenvalue weighted by atomic mass is 10.2. The van der Waals surface area contributed by atoms with E-state index < -0.39 is 0 Å². The minimum atomic E-state index is -0.0665. The molecule has 0 bridgehead atoms. The Morgan fingerprint density at radius 2 is 2.15 bits per heavy atom. The van der Waals surface area contributed by atoms with E-state index in [4.69, 9.17) is 0 Å². The van der Waals surface area contributed by atoms with Gasteiger partial charge in [-0.1, -0.05) is 28.1 Å². The third kappa shape index (κ3) is 4.75. The van der Waals surface area contributed by atoms with Crippen LogP contribution in [0.25, 0.3) is 0 Å². The number of benzene rings is 1. The Hall–Kier alpha value is -1.72. The van der Waals surface area contributed by atoms with Gasteiger partial charge in [-0.2, -0.15) is 0 Å². The van der Waals surface area contributed by atoms with Crippen LogP contribution >= 0.6 is 15.9 Å². The standard InChI is InChI=1S/C15H16BrN3O/c1-11-5-6-12(9-18-11)8-17-10-15(20)19-14-4-2-3-13(16)7-14/h2-7,9,17H,8,10H2,1H3,(H,19,20). The molecule has 0 saturated heterocycles. The van der Waals surface area contributed by atoms with Gasteiger partial charge in [-0.25, -0.2) is 0 Å². The summed E-state index contributed by atoms with van der Waals surface area (Å²) in [5.74, 6) is -0.0665. The average Bonchev–Trinajstić information content (AvgIpc) is 2.41. The van der Waals surface area contributed by atoms with Gasteiger partial charge in [0, 0.05) is 28.6 Å². The van der Waals surface area contributed by atoms with Crippen LogP contribution in [0.3, 0.4) is 0 Å². The van der Waals surface area contributed by atoms with Gasteiger partial charge in [0.15, 0.2) is 0 Å². The van der Waals surface area contributed by atoms with E-state index in [0.717, 1.165) is 21.4 Å². The third-order valence-electron chi connectivity index (χ3n) is 2.70. The van der Waals surface area contributed by atoms with Crippen molar-refractivity contribution in [3.8, 4) is 0 Å². The number of carbonyl (C=O) groups is 1. The van der Waals surface area contributed by atoms with E-state index in [9.17, 15) is 4.79 Å². The fourth-order valence-electron chi connectivity index (χ4n) is 1.69. The fraction of sp³-hybridized carbons (Fsp3) is 0.200. The molecule has 2 rings (SSSR count). The summed E-state index contributed by atoms with van der Waals surface area (Å²) < 4.78 is 0.939. The summed E-state index contributed by atoms with van der Waals surface area (Å²) in [5, 5.41) is 5.92. The molecule has 4 nitrogen and oxygen atoms in total. The minimum absolute atomic E-state index is 0.0665. The molecule has 0 spiro atoms. The normalized spacial score (nSPS) is 10.3. The molecule has 5 heteroatoms. The molecule has 0 aliphatic carbocycles. The lowest BCUT2D eigenvalue weighted by Crippen LogP contribution is -2.27. The molecule has 0 radical (unpaired) electrons. The Kier molecular flexibility index (Phi) is 5.26. The van der Waals surface area contributed by atoms with Crippen LogP contribution in [0.1, 0.15) is 11.3 Å². The number of aryl methyl sites for hydroxylation is 1. The number of hydrogen-bond donors (Lipinski definition) is 2. The highest BCUT2D eigenvalue weighted by molar-refractivity contribution is 9.10. The van der Waals surface area contributed by atoms with Crippen LogP contribution in [0.2, 0.25) is 0 Å².